The Hall–Kier alpha value is -2.18. The Kier molecular flexibility index (Phi) is 5.65. The number of aromatic nitrogens is 2. The van der Waals surface area contributed by atoms with Crippen LogP contribution in [0.1, 0.15) is 30.8 Å². The topological polar surface area (TPSA) is 70.4 Å². The van der Waals surface area contributed by atoms with Gasteiger partial charge in [-0.2, -0.15) is 5.10 Å². The zero-order chi connectivity index (χ0) is 18.8. The Morgan fingerprint density at radius 2 is 1.84 bits per heavy atom. The molecule has 2 aromatic rings. The summed E-state index contributed by atoms with van der Waals surface area (Å²) in [7, 11) is 1.81. The van der Waals surface area contributed by atoms with Gasteiger partial charge in [0.25, 0.3) is 0 Å². The maximum Gasteiger partial charge on any atom is 0.238 e. The number of hydrogen-bond donors (Lipinski definition) is 2. The largest absolute Gasteiger partial charge is 0.389 e. The van der Waals surface area contributed by atoms with Gasteiger partial charge in [-0.3, -0.25) is 9.69 Å². The summed E-state index contributed by atoms with van der Waals surface area (Å²) < 4.78 is 1.84. The molecule has 0 bridgehead atoms. The summed E-state index contributed by atoms with van der Waals surface area (Å²) in [6.07, 6.45) is 0. The van der Waals surface area contributed by atoms with E-state index in [4.69, 9.17) is 0 Å². The number of nitrogens with one attached hydrogen (secondary N) is 1. The molecule has 0 unspecified atom stereocenters. The molecular weight excluding hydrogens is 316 g/mol. The van der Waals surface area contributed by atoms with Crippen molar-refractivity contribution in [3.05, 3.63) is 41.2 Å². The molecular formula is C19H28N4O2. The second-order valence-corrected chi connectivity index (χ2v) is 7.33. The molecule has 1 amide bonds. The summed E-state index contributed by atoms with van der Waals surface area (Å²) in [5, 5.41) is 17.3. The monoisotopic (exact) mass is 344 g/mol. The van der Waals surface area contributed by atoms with E-state index in [1.54, 1.807) is 18.7 Å². The van der Waals surface area contributed by atoms with Gasteiger partial charge >= 0.3 is 0 Å². The molecule has 2 N–H and O–H groups in total. The van der Waals surface area contributed by atoms with Crippen LogP contribution in [0.5, 0.6) is 0 Å². The number of anilines is 1. The van der Waals surface area contributed by atoms with Crippen molar-refractivity contribution in [1.29, 1.82) is 0 Å². The smallest absolute Gasteiger partial charge is 0.238 e. The predicted molar refractivity (Wildman–Crippen MR) is 100 cm³/mol. The summed E-state index contributed by atoms with van der Waals surface area (Å²) >= 11 is 0. The molecule has 0 fully saturated rings. The first kappa shape index (κ1) is 19.1. The molecule has 0 saturated carbocycles. The maximum absolute atomic E-state index is 12.3. The van der Waals surface area contributed by atoms with Gasteiger partial charge in [0, 0.05) is 6.54 Å². The highest BCUT2D eigenvalue weighted by molar-refractivity contribution is 5.93. The number of benzene rings is 1. The van der Waals surface area contributed by atoms with Crippen LogP contribution >= 0.6 is 0 Å². The molecule has 25 heavy (non-hydrogen) atoms. The van der Waals surface area contributed by atoms with Gasteiger partial charge < -0.3 is 10.4 Å². The normalized spacial score (nSPS) is 11.8. The zero-order valence-electron chi connectivity index (χ0n) is 15.9. The number of aliphatic hydroxyl groups is 1. The van der Waals surface area contributed by atoms with Gasteiger partial charge in [0.15, 0.2) is 0 Å². The number of likely N-dealkylation sites (N-methyl/N-ethyl adjacent to an activating group) is 1. The van der Waals surface area contributed by atoms with Crippen molar-refractivity contribution in [2.24, 2.45) is 0 Å². The molecule has 0 aliphatic rings. The van der Waals surface area contributed by atoms with E-state index in [1.165, 1.54) is 5.56 Å². The third-order valence-electron chi connectivity index (χ3n) is 3.90. The van der Waals surface area contributed by atoms with Gasteiger partial charge in [0.05, 0.1) is 34.9 Å². The average Bonchev–Trinajstić information content (AvgIpc) is 2.74. The Morgan fingerprint density at radius 3 is 2.40 bits per heavy atom. The summed E-state index contributed by atoms with van der Waals surface area (Å²) in [6.45, 7) is 9.94. The number of carbonyl (C=O) groups excluding carboxylic acids is 1. The van der Waals surface area contributed by atoms with Crippen molar-refractivity contribution in [2.75, 3.05) is 25.5 Å². The Bertz CT molecular complexity index is 742. The van der Waals surface area contributed by atoms with Gasteiger partial charge in [0.2, 0.25) is 5.91 Å². The molecule has 0 aliphatic heterocycles. The molecule has 6 heteroatoms. The molecule has 0 aliphatic carbocycles. The highest BCUT2D eigenvalue weighted by Gasteiger charge is 2.19. The SMILES string of the molecule is Cc1ccc(-n2nc(C)c(NC(=O)CN(C)CC(C)(C)O)c2C)cc1. The standard InChI is InChI=1S/C19H28N4O2/c1-13-7-9-16(10-8-13)23-15(3)18(14(2)21-23)20-17(24)11-22(6)12-19(4,5)25/h7-10,25H,11-12H2,1-6H3,(H,20,24). The third-order valence-corrected chi connectivity index (χ3v) is 3.90. The molecule has 1 heterocycles. The average molecular weight is 344 g/mol. The molecule has 0 saturated heterocycles. The van der Waals surface area contributed by atoms with Gasteiger partial charge in [-0.05, 0) is 53.8 Å². The van der Waals surface area contributed by atoms with Crippen LogP contribution in [0.2, 0.25) is 0 Å². The number of hydrogen-bond acceptors (Lipinski definition) is 4. The fourth-order valence-electron chi connectivity index (χ4n) is 2.90. The van der Waals surface area contributed by atoms with E-state index in [-0.39, 0.29) is 12.5 Å². The highest BCUT2D eigenvalue weighted by atomic mass is 16.3. The number of rotatable bonds is 6. The lowest BCUT2D eigenvalue weighted by molar-refractivity contribution is -0.117. The first-order chi connectivity index (χ1) is 11.6. The summed E-state index contributed by atoms with van der Waals surface area (Å²) in [5.41, 5.74) is 3.72. The van der Waals surface area contributed by atoms with E-state index in [0.717, 1.165) is 22.8 Å². The number of amides is 1. The summed E-state index contributed by atoms with van der Waals surface area (Å²) in [6, 6.07) is 8.10. The quantitative estimate of drug-likeness (QED) is 0.844. The molecule has 136 valence electrons. The fraction of sp³-hybridized carbons (Fsp3) is 0.474. The Balaban J connectivity index is 2.12. The lowest BCUT2D eigenvalue weighted by atomic mass is 10.1. The lowest BCUT2D eigenvalue weighted by Gasteiger charge is -2.24. The van der Waals surface area contributed by atoms with E-state index in [0.29, 0.717) is 6.54 Å². The number of aryl methyl sites for hydroxylation is 2. The molecule has 0 atom stereocenters. The maximum atomic E-state index is 12.3. The minimum atomic E-state index is -0.836. The van der Waals surface area contributed by atoms with E-state index in [9.17, 15) is 9.90 Å². The van der Waals surface area contributed by atoms with Gasteiger partial charge in [-0.15, -0.1) is 0 Å². The van der Waals surface area contributed by atoms with Crippen molar-refractivity contribution in [3.8, 4) is 5.69 Å². The summed E-state index contributed by atoms with van der Waals surface area (Å²) in [5.74, 6) is -0.124. The molecule has 1 aromatic carbocycles. The van der Waals surface area contributed by atoms with Gasteiger partial charge in [-0.1, -0.05) is 17.7 Å². The Labute approximate surface area is 149 Å². The van der Waals surface area contributed by atoms with Crippen molar-refractivity contribution < 1.29 is 9.90 Å². The van der Waals surface area contributed by atoms with Crippen LogP contribution < -0.4 is 5.32 Å². The minimum Gasteiger partial charge on any atom is -0.389 e. The molecule has 2 rings (SSSR count). The van der Waals surface area contributed by atoms with Crippen LogP contribution in [0.25, 0.3) is 5.69 Å². The van der Waals surface area contributed by atoms with Crippen LogP contribution in [-0.4, -0.2) is 51.4 Å². The molecule has 6 nitrogen and oxygen atoms in total. The fourth-order valence-corrected chi connectivity index (χ4v) is 2.90. The highest BCUT2D eigenvalue weighted by Crippen LogP contribution is 2.23. The Morgan fingerprint density at radius 1 is 1.24 bits per heavy atom. The molecule has 0 radical (unpaired) electrons. The van der Waals surface area contributed by atoms with Crippen molar-refractivity contribution in [3.63, 3.8) is 0 Å². The summed E-state index contributed by atoms with van der Waals surface area (Å²) in [4.78, 5) is 14.1. The third kappa shape index (κ3) is 5.14. The van der Waals surface area contributed by atoms with Gasteiger partial charge in [0.1, 0.15) is 0 Å². The molecule has 1 aromatic heterocycles. The van der Waals surface area contributed by atoms with Crippen molar-refractivity contribution in [2.45, 2.75) is 40.2 Å². The van der Waals surface area contributed by atoms with Crippen LogP contribution in [0.3, 0.4) is 0 Å². The molecule has 0 spiro atoms. The van der Waals surface area contributed by atoms with E-state index in [1.807, 2.05) is 56.8 Å². The van der Waals surface area contributed by atoms with E-state index in [2.05, 4.69) is 10.4 Å². The number of carbonyl (C=O) groups is 1. The van der Waals surface area contributed by atoms with Crippen molar-refractivity contribution in [1.82, 2.24) is 14.7 Å². The van der Waals surface area contributed by atoms with Gasteiger partial charge in [-0.25, -0.2) is 4.68 Å². The van der Waals surface area contributed by atoms with E-state index >= 15 is 0 Å². The van der Waals surface area contributed by atoms with E-state index < -0.39 is 5.60 Å². The van der Waals surface area contributed by atoms with Crippen LogP contribution in [-0.2, 0) is 4.79 Å². The zero-order valence-corrected chi connectivity index (χ0v) is 15.9. The minimum absolute atomic E-state index is 0.124. The van der Waals surface area contributed by atoms with Crippen LogP contribution in [0, 0.1) is 20.8 Å². The first-order valence-corrected chi connectivity index (χ1v) is 8.41. The van der Waals surface area contributed by atoms with Crippen LogP contribution in [0.15, 0.2) is 24.3 Å². The second kappa shape index (κ2) is 7.37. The lowest BCUT2D eigenvalue weighted by Crippen LogP contribution is -2.40. The second-order valence-electron chi connectivity index (χ2n) is 7.33. The van der Waals surface area contributed by atoms with Crippen LogP contribution in [0.4, 0.5) is 5.69 Å². The van der Waals surface area contributed by atoms with Crippen molar-refractivity contribution >= 4 is 11.6 Å². The first-order valence-electron chi connectivity index (χ1n) is 8.41. The predicted octanol–water partition coefficient (Wildman–Crippen LogP) is 2.44. The number of nitrogens with zero attached hydrogens (tertiary/aromatic N) is 3.